The summed E-state index contributed by atoms with van der Waals surface area (Å²) in [7, 11) is 2.11. The summed E-state index contributed by atoms with van der Waals surface area (Å²) in [5.41, 5.74) is 0.952. The van der Waals surface area contributed by atoms with Crippen LogP contribution in [0.2, 0.25) is 5.02 Å². The fraction of sp³-hybridized carbons (Fsp3) is 0.464. The average Bonchev–Trinajstić information content (AvgIpc) is 3.15. The first-order valence-corrected chi connectivity index (χ1v) is 13.4. The first kappa shape index (κ1) is 25.1. The molecule has 1 aromatic carbocycles. The van der Waals surface area contributed by atoms with Crippen LogP contribution in [0.15, 0.2) is 36.9 Å². The lowest BCUT2D eigenvalue weighted by atomic mass is 9.74. The molecule has 10 heteroatoms. The van der Waals surface area contributed by atoms with Gasteiger partial charge < -0.3 is 24.3 Å². The van der Waals surface area contributed by atoms with Crippen LogP contribution in [0.5, 0.6) is 5.75 Å². The summed E-state index contributed by atoms with van der Waals surface area (Å²) < 4.78 is 21.2. The summed E-state index contributed by atoms with van der Waals surface area (Å²) in [5, 5.41) is 0.117. The zero-order valence-corrected chi connectivity index (χ0v) is 22.4. The molecule has 8 nitrogen and oxygen atoms in total. The number of hydrogen-bond acceptors (Lipinski definition) is 6. The number of likely N-dealkylation sites (tertiary alicyclic amines) is 1. The van der Waals surface area contributed by atoms with Gasteiger partial charge in [-0.1, -0.05) is 30.3 Å². The van der Waals surface area contributed by atoms with Gasteiger partial charge in [0, 0.05) is 56.3 Å². The third kappa shape index (κ3) is 3.78. The number of anilines is 1. The molecule has 1 spiro atoms. The van der Waals surface area contributed by atoms with E-state index in [-0.39, 0.29) is 57.9 Å². The van der Waals surface area contributed by atoms with Gasteiger partial charge >= 0.3 is 0 Å². The van der Waals surface area contributed by atoms with Gasteiger partial charge in [0.15, 0.2) is 5.75 Å². The van der Waals surface area contributed by atoms with Crippen LogP contribution in [0.4, 0.5) is 10.2 Å². The number of pyridine rings is 1. The Morgan fingerprint density at radius 3 is 2.71 bits per heavy atom. The number of rotatable bonds is 3. The molecule has 4 aliphatic heterocycles. The SMILES string of the molecule is C=CC(=O)N1CCN2C(=O)c3c(N4CCC5(CN(C)C5)[C@@H]4C)nc(-c4ccccc4F)c(Cl)c3OC[C@H]2C1. The first-order chi connectivity index (χ1) is 18.2. The van der Waals surface area contributed by atoms with Crippen LogP contribution in [0, 0.1) is 11.2 Å². The number of carbonyl (C=O) groups excluding carboxylic acids is 2. The molecule has 0 unspecified atom stereocenters. The largest absolute Gasteiger partial charge is 0.489 e. The van der Waals surface area contributed by atoms with Crippen LogP contribution in [0.1, 0.15) is 23.7 Å². The quantitative estimate of drug-likeness (QED) is 0.558. The molecular weight excluding hydrogens is 509 g/mol. The number of nitrogens with zero attached hydrogens (tertiary/aromatic N) is 5. The molecule has 0 aliphatic carbocycles. The van der Waals surface area contributed by atoms with Crippen molar-refractivity contribution >= 4 is 29.2 Å². The van der Waals surface area contributed by atoms with E-state index >= 15 is 0 Å². The van der Waals surface area contributed by atoms with Gasteiger partial charge in [-0.3, -0.25) is 9.59 Å². The van der Waals surface area contributed by atoms with Crippen LogP contribution < -0.4 is 9.64 Å². The van der Waals surface area contributed by atoms with E-state index in [9.17, 15) is 14.0 Å². The maximum atomic E-state index is 15.0. The summed E-state index contributed by atoms with van der Waals surface area (Å²) in [6.07, 6.45) is 2.26. The highest BCUT2D eigenvalue weighted by atomic mass is 35.5. The van der Waals surface area contributed by atoms with Crippen molar-refractivity contribution < 1.29 is 18.7 Å². The zero-order chi connectivity index (χ0) is 26.8. The van der Waals surface area contributed by atoms with E-state index in [1.54, 1.807) is 28.0 Å². The van der Waals surface area contributed by atoms with Crippen molar-refractivity contribution in [1.29, 1.82) is 0 Å². The lowest BCUT2D eigenvalue weighted by Gasteiger charge is -2.50. The molecular formula is C28H31ClFN5O3. The molecule has 4 aliphatic rings. The van der Waals surface area contributed by atoms with Crippen molar-refractivity contribution in [3.05, 3.63) is 53.3 Å². The van der Waals surface area contributed by atoms with Crippen molar-refractivity contribution in [3.8, 4) is 17.0 Å². The number of aromatic nitrogens is 1. The standard InChI is InChI=1S/C28H31ClFN5O3/c1-4-21(36)33-11-12-35-18(13-33)14-38-25-22(27(35)37)26(34-10-9-28(17(34)2)15-32(3)16-28)31-24(23(25)29)19-7-5-6-8-20(19)30/h4-8,17-18H,1,9-16H2,2-3H3/t17-,18+/m0/s1. The fourth-order valence-corrected chi connectivity index (χ4v) is 6.93. The minimum atomic E-state index is -0.449. The second-order valence-corrected chi connectivity index (χ2v) is 11.3. The Hall–Kier alpha value is -3.17. The Morgan fingerprint density at radius 1 is 1.24 bits per heavy atom. The monoisotopic (exact) mass is 539 g/mol. The third-order valence-corrected chi connectivity index (χ3v) is 9.07. The van der Waals surface area contributed by atoms with Crippen molar-refractivity contribution in [3.63, 3.8) is 0 Å². The molecule has 0 radical (unpaired) electrons. The predicted molar refractivity (Wildman–Crippen MR) is 143 cm³/mol. The Morgan fingerprint density at radius 2 is 2.00 bits per heavy atom. The van der Waals surface area contributed by atoms with Crippen LogP contribution in [-0.2, 0) is 4.79 Å². The molecule has 2 aromatic rings. The lowest BCUT2D eigenvalue weighted by Crippen LogP contribution is -2.59. The van der Waals surface area contributed by atoms with Crippen molar-refractivity contribution in [1.82, 2.24) is 19.7 Å². The van der Waals surface area contributed by atoms with E-state index in [0.717, 1.165) is 26.1 Å². The summed E-state index contributed by atoms with van der Waals surface area (Å²) >= 11 is 6.87. The minimum absolute atomic E-state index is 0.117. The van der Waals surface area contributed by atoms with E-state index in [4.69, 9.17) is 21.3 Å². The topological polar surface area (TPSA) is 69.2 Å². The number of carbonyl (C=O) groups is 2. The van der Waals surface area contributed by atoms with Gasteiger partial charge in [-0.15, -0.1) is 0 Å². The predicted octanol–water partition coefficient (Wildman–Crippen LogP) is 3.30. The smallest absolute Gasteiger partial charge is 0.261 e. The maximum Gasteiger partial charge on any atom is 0.261 e. The lowest BCUT2D eigenvalue weighted by molar-refractivity contribution is -0.128. The molecule has 0 saturated carbocycles. The second-order valence-electron chi connectivity index (χ2n) is 10.9. The van der Waals surface area contributed by atoms with Gasteiger partial charge in [0.2, 0.25) is 5.91 Å². The molecule has 3 fully saturated rings. The molecule has 5 heterocycles. The van der Waals surface area contributed by atoms with E-state index < -0.39 is 5.82 Å². The number of benzene rings is 1. The van der Waals surface area contributed by atoms with Crippen molar-refractivity contribution in [2.75, 3.05) is 57.8 Å². The molecule has 6 rings (SSSR count). The molecule has 0 N–H and O–H groups in total. The summed E-state index contributed by atoms with van der Waals surface area (Å²) in [6.45, 7) is 9.71. The zero-order valence-electron chi connectivity index (χ0n) is 21.6. The van der Waals surface area contributed by atoms with Crippen molar-refractivity contribution in [2.45, 2.75) is 25.4 Å². The normalized spacial score (nSPS) is 24.4. The number of amides is 2. The Labute approximate surface area is 226 Å². The Bertz CT molecular complexity index is 1330. The first-order valence-electron chi connectivity index (χ1n) is 13.0. The van der Waals surface area contributed by atoms with Gasteiger partial charge in [0.05, 0.1) is 11.7 Å². The van der Waals surface area contributed by atoms with E-state index in [1.807, 2.05) is 0 Å². The van der Waals surface area contributed by atoms with Gasteiger partial charge in [-0.25, -0.2) is 9.37 Å². The highest BCUT2D eigenvalue weighted by Crippen LogP contribution is 2.49. The number of fused-ring (bicyclic) bond motifs is 2. The molecule has 200 valence electrons. The van der Waals surface area contributed by atoms with Crippen LogP contribution in [0.3, 0.4) is 0 Å². The van der Waals surface area contributed by atoms with Gasteiger partial charge in [0.1, 0.15) is 28.8 Å². The fourth-order valence-electron chi connectivity index (χ4n) is 6.63. The molecule has 0 bridgehead atoms. The maximum absolute atomic E-state index is 15.0. The van der Waals surface area contributed by atoms with Crippen LogP contribution >= 0.6 is 11.6 Å². The second kappa shape index (κ2) is 9.24. The number of halogens is 2. The number of hydrogen-bond donors (Lipinski definition) is 0. The van der Waals surface area contributed by atoms with E-state index in [1.165, 1.54) is 12.1 Å². The summed E-state index contributed by atoms with van der Waals surface area (Å²) in [6, 6.07) is 6.13. The number of ether oxygens (including phenoxy) is 1. The summed E-state index contributed by atoms with van der Waals surface area (Å²) in [4.78, 5) is 39.3. The van der Waals surface area contributed by atoms with Gasteiger partial charge in [-0.2, -0.15) is 0 Å². The van der Waals surface area contributed by atoms with E-state index in [0.29, 0.717) is 31.0 Å². The summed E-state index contributed by atoms with van der Waals surface area (Å²) in [5.74, 6) is -0.138. The number of piperazine rings is 1. The van der Waals surface area contributed by atoms with Gasteiger partial charge in [0.25, 0.3) is 5.91 Å². The average molecular weight is 540 g/mol. The van der Waals surface area contributed by atoms with Crippen LogP contribution in [0.25, 0.3) is 11.3 Å². The molecule has 3 saturated heterocycles. The molecule has 2 amide bonds. The van der Waals surface area contributed by atoms with Crippen molar-refractivity contribution in [2.24, 2.45) is 5.41 Å². The third-order valence-electron chi connectivity index (χ3n) is 8.71. The van der Waals surface area contributed by atoms with Crippen LogP contribution in [-0.4, -0.2) is 96.5 Å². The molecule has 2 atom stereocenters. The highest BCUT2D eigenvalue weighted by Gasteiger charge is 2.53. The Kier molecular flexibility index (Phi) is 6.11. The minimum Gasteiger partial charge on any atom is -0.489 e. The van der Waals surface area contributed by atoms with Gasteiger partial charge in [-0.05, 0) is 38.6 Å². The van der Waals surface area contributed by atoms with E-state index in [2.05, 4.69) is 30.4 Å². The molecule has 1 aromatic heterocycles. The highest BCUT2D eigenvalue weighted by molar-refractivity contribution is 6.35. The Balaban J connectivity index is 1.47. The molecule has 38 heavy (non-hydrogen) atoms.